The quantitative estimate of drug-likeness (QED) is 0.152. The first-order valence-corrected chi connectivity index (χ1v) is 25.0. The van der Waals surface area contributed by atoms with Crippen LogP contribution in [0.25, 0.3) is 76.5 Å². The van der Waals surface area contributed by atoms with Gasteiger partial charge >= 0.3 is 0 Å². The zero-order valence-corrected chi connectivity index (χ0v) is 39.6. The van der Waals surface area contributed by atoms with E-state index in [4.69, 9.17) is 8.83 Å². The van der Waals surface area contributed by atoms with Gasteiger partial charge in [0, 0.05) is 32.9 Å². The monoisotopic (exact) mass is 932 g/mol. The molecule has 0 saturated carbocycles. The number of hydrogen-bond donors (Lipinski definition) is 0. The summed E-state index contributed by atoms with van der Waals surface area (Å²) in [6.45, 7) is 0. The van der Waals surface area contributed by atoms with Gasteiger partial charge in [0.05, 0.1) is 38.9 Å². The van der Waals surface area contributed by atoms with Gasteiger partial charge in [0.2, 0.25) is 0 Å². The summed E-state index contributed by atoms with van der Waals surface area (Å²) in [7, 11) is 0. The molecule has 0 radical (unpaired) electrons. The summed E-state index contributed by atoms with van der Waals surface area (Å²) in [4.78, 5) is 4.93. The van der Waals surface area contributed by atoms with E-state index in [-0.39, 0.29) is 0 Å². The first-order valence-electron chi connectivity index (χ1n) is 25.0. The highest BCUT2D eigenvalue weighted by molar-refractivity contribution is 6.21. The lowest BCUT2D eigenvalue weighted by Crippen LogP contribution is -2.29. The molecule has 0 bridgehead atoms. The smallest absolute Gasteiger partial charge is 0.137 e. The second-order valence-electron chi connectivity index (χ2n) is 19.0. The molecule has 0 unspecified atom stereocenters. The number of furan rings is 2. The van der Waals surface area contributed by atoms with Crippen LogP contribution in [0.4, 0.5) is 34.1 Å². The summed E-state index contributed by atoms with van der Waals surface area (Å²) < 4.78 is 13.2. The highest BCUT2D eigenvalue weighted by Crippen LogP contribution is 2.63. The third kappa shape index (κ3) is 6.01. The van der Waals surface area contributed by atoms with Gasteiger partial charge in [-0.3, -0.25) is 0 Å². The molecule has 14 aromatic rings. The van der Waals surface area contributed by atoms with E-state index in [0.29, 0.717) is 0 Å². The second-order valence-corrected chi connectivity index (χ2v) is 19.0. The van der Waals surface area contributed by atoms with Crippen molar-refractivity contribution in [3.05, 3.63) is 289 Å². The van der Waals surface area contributed by atoms with Crippen molar-refractivity contribution in [3.63, 3.8) is 0 Å². The summed E-state index contributed by atoms with van der Waals surface area (Å²) in [6, 6.07) is 96.9. The SMILES string of the molecule is c1ccc(N(c2cc3c(c4ccccc24)-c2c(cc(N(c4ccccc4)c4cccc5oc6ccccc6c45)c4ccccc24)C3(c2ccccc2)c2ccccc2)c2cccc3oc4ccccc4c23)cc1. The predicted octanol–water partition coefficient (Wildman–Crippen LogP) is 19.1. The van der Waals surface area contributed by atoms with E-state index in [1.54, 1.807) is 0 Å². The zero-order chi connectivity index (χ0) is 48.0. The Hall–Kier alpha value is -9.64. The van der Waals surface area contributed by atoms with Crippen LogP contribution in [0.5, 0.6) is 0 Å². The highest BCUT2D eigenvalue weighted by atomic mass is 16.3. The van der Waals surface area contributed by atoms with Crippen LogP contribution < -0.4 is 9.80 Å². The van der Waals surface area contributed by atoms with E-state index in [9.17, 15) is 0 Å². The molecule has 1 aliphatic rings. The first-order chi connectivity index (χ1) is 36.3. The van der Waals surface area contributed by atoms with Crippen molar-refractivity contribution in [1.29, 1.82) is 0 Å². The average molecular weight is 933 g/mol. The van der Waals surface area contributed by atoms with Gasteiger partial charge in [0.25, 0.3) is 0 Å². The fraction of sp³-hybridized carbons (Fsp3) is 0.0145. The molecule has 0 N–H and O–H groups in total. The summed E-state index contributed by atoms with van der Waals surface area (Å²) in [5.74, 6) is 0. The highest BCUT2D eigenvalue weighted by Gasteiger charge is 2.49. The molecule has 0 amide bonds. The standard InChI is InChI=1S/C69H44N2O2/c1-5-23-45(24-6-1)69(46-25-7-2-8-26-46)55-43-59(70(47-27-9-3-10-28-47)57-37-21-41-63-67(57)53-35-17-19-39-61(53)72-63)49-31-13-15-33-51(49)65(55)66-52-34-16-14-32-50(52)60(44-56(66)69)71(48-29-11-4-12-30-48)58-38-22-42-64-68(58)54-36-18-20-40-62(54)73-64/h1-44H. The fourth-order valence-electron chi connectivity index (χ4n) is 12.4. The number of benzene rings is 12. The molecule has 4 nitrogen and oxygen atoms in total. The molecule has 0 fully saturated rings. The zero-order valence-electron chi connectivity index (χ0n) is 39.6. The molecule has 2 aromatic heterocycles. The van der Waals surface area contributed by atoms with E-state index in [1.165, 1.54) is 44.2 Å². The first kappa shape index (κ1) is 41.2. The lowest BCUT2D eigenvalue weighted by atomic mass is 9.67. The Balaban J connectivity index is 1.11. The Bertz CT molecular complexity index is 4160. The molecule has 0 atom stereocenters. The Kier molecular flexibility index (Phi) is 9.14. The van der Waals surface area contributed by atoms with Crippen LogP contribution >= 0.6 is 0 Å². The van der Waals surface area contributed by atoms with Crippen molar-refractivity contribution in [2.75, 3.05) is 9.80 Å². The largest absolute Gasteiger partial charge is 0.456 e. The van der Waals surface area contributed by atoms with Gasteiger partial charge in [0.1, 0.15) is 22.3 Å². The molecule has 0 saturated heterocycles. The molecule has 4 heteroatoms. The van der Waals surface area contributed by atoms with Crippen LogP contribution in [0.15, 0.2) is 276 Å². The fourth-order valence-corrected chi connectivity index (χ4v) is 12.4. The number of para-hydroxylation sites is 4. The number of hydrogen-bond acceptors (Lipinski definition) is 4. The van der Waals surface area contributed by atoms with Crippen molar-refractivity contribution < 1.29 is 8.83 Å². The number of nitrogens with zero attached hydrogens (tertiary/aromatic N) is 2. The van der Waals surface area contributed by atoms with Crippen LogP contribution in [0.3, 0.4) is 0 Å². The Labute approximate surface area is 421 Å². The minimum absolute atomic E-state index is 0.793. The van der Waals surface area contributed by atoms with E-state index in [2.05, 4.69) is 265 Å². The maximum atomic E-state index is 6.61. The normalized spacial score (nSPS) is 12.8. The van der Waals surface area contributed by atoms with Crippen molar-refractivity contribution in [2.24, 2.45) is 0 Å². The van der Waals surface area contributed by atoms with Gasteiger partial charge in [-0.2, -0.15) is 0 Å². The van der Waals surface area contributed by atoms with E-state index in [1.807, 2.05) is 12.1 Å². The second kappa shape index (κ2) is 16.2. The summed E-state index contributed by atoms with van der Waals surface area (Å²) in [6.07, 6.45) is 0. The Morgan fingerprint density at radius 2 is 0.589 bits per heavy atom. The minimum atomic E-state index is -0.793. The van der Waals surface area contributed by atoms with Gasteiger partial charge in [-0.1, -0.05) is 194 Å². The topological polar surface area (TPSA) is 32.8 Å². The maximum Gasteiger partial charge on any atom is 0.137 e. The molecule has 1 aliphatic carbocycles. The van der Waals surface area contributed by atoms with Crippen LogP contribution in [0, 0.1) is 0 Å². The molecular formula is C69H44N2O2. The van der Waals surface area contributed by atoms with Gasteiger partial charge in [-0.05, 0) is 117 Å². The number of rotatable bonds is 8. The van der Waals surface area contributed by atoms with Crippen LogP contribution in [0.1, 0.15) is 22.3 Å². The molecule has 2 heterocycles. The molecule has 15 rings (SSSR count). The number of fused-ring (bicyclic) bond motifs is 13. The molecule has 73 heavy (non-hydrogen) atoms. The number of anilines is 6. The van der Waals surface area contributed by atoms with Crippen LogP contribution in [-0.2, 0) is 5.41 Å². The van der Waals surface area contributed by atoms with Gasteiger partial charge in [-0.25, -0.2) is 0 Å². The summed E-state index contributed by atoms with van der Waals surface area (Å²) in [5, 5.41) is 8.97. The van der Waals surface area contributed by atoms with Crippen LogP contribution in [0.2, 0.25) is 0 Å². The predicted molar refractivity (Wildman–Crippen MR) is 303 cm³/mol. The van der Waals surface area contributed by atoms with Gasteiger partial charge < -0.3 is 18.6 Å². The molecule has 342 valence electrons. The Morgan fingerprint density at radius 3 is 1.00 bits per heavy atom. The molecule has 12 aromatic carbocycles. The minimum Gasteiger partial charge on any atom is -0.456 e. The lowest BCUT2D eigenvalue weighted by molar-refractivity contribution is 0.668. The summed E-state index contributed by atoms with van der Waals surface area (Å²) in [5.41, 5.74) is 16.3. The van der Waals surface area contributed by atoms with Crippen LogP contribution in [-0.4, -0.2) is 0 Å². The Morgan fingerprint density at radius 1 is 0.260 bits per heavy atom. The average Bonchev–Trinajstić information content (AvgIpc) is 4.22. The van der Waals surface area contributed by atoms with E-state index >= 15 is 0 Å². The third-order valence-corrected chi connectivity index (χ3v) is 15.3. The van der Waals surface area contributed by atoms with Gasteiger partial charge in [0.15, 0.2) is 0 Å². The molecule has 0 aliphatic heterocycles. The third-order valence-electron chi connectivity index (χ3n) is 15.3. The van der Waals surface area contributed by atoms with E-state index < -0.39 is 5.41 Å². The van der Waals surface area contributed by atoms with Crippen molar-refractivity contribution in [2.45, 2.75) is 5.41 Å². The molecule has 0 spiro atoms. The van der Waals surface area contributed by atoms with Crippen molar-refractivity contribution in [3.8, 4) is 11.1 Å². The maximum absolute atomic E-state index is 6.61. The van der Waals surface area contributed by atoms with Gasteiger partial charge in [-0.15, -0.1) is 0 Å². The van der Waals surface area contributed by atoms with Crippen molar-refractivity contribution >= 4 is 99.5 Å². The lowest BCUT2D eigenvalue weighted by Gasteiger charge is -2.36. The molecular weight excluding hydrogens is 889 g/mol. The van der Waals surface area contributed by atoms with Crippen molar-refractivity contribution in [1.82, 2.24) is 0 Å². The summed E-state index contributed by atoms with van der Waals surface area (Å²) >= 11 is 0. The van der Waals surface area contributed by atoms with E-state index in [0.717, 1.165) is 88.8 Å².